The van der Waals surface area contributed by atoms with Crippen molar-refractivity contribution in [2.75, 3.05) is 13.7 Å². The molecule has 1 aliphatic carbocycles. The Morgan fingerprint density at radius 3 is 2.50 bits per heavy atom. The molecule has 0 spiro atoms. The molecule has 2 aromatic rings. The fraction of sp³-hybridized carbons (Fsp3) is 0.579. The fourth-order valence-corrected chi connectivity index (χ4v) is 3.51. The standard InChI is InChI=1S/C19H24N6O3/c1-11(2)8-15-17-22-16(12-4-5-12)23-25(17)7-6-24(15)18(26)13-9-21-14(10-20-13)19(27)28-3/h9-12,15H,4-8H2,1-3H3/t15-/m0/s1. The highest BCUT2D eigenvalue weighted by atomic mass is 16.5. The van der Waals surface area contributed by atoms with E-state index in [1.807, 2.05) is 9.58 Å². The van der Waals surface area contributed by atoms with Crippen LogP contribution in [-0.4, -0.2) is 55.2 Å². The molecular weight excluding hydrogens is 360 g/mol. The second-order valence-corrected chi connectivity index (χ2v) is 7.75. The normalized spacial score (nSPS) is 18.9. The minimum atomic E-state index is -0.581. The molecule has 0 aromatic carbocycles. The van der Waals surface area contributed by atoms with Crippen LogP contribution in [0.15, 0.2) is 12.4 Å². The highest BCUT2D eigenvalue weighted by molar-refractivity contribution is 5.93. The Morgan fingerprint density at radius 2 is 1.89 bits per heavy atom. The number of carbonyl (C=O) groups excluding carboxylic acids is 2. The van der Waals surface area contributed by atoms with Crippen LogP contribution in [-0.2, 0) is 11.3 Å². The van der Waals surface area contributed by atoms with Crippen molar-refractivity contribution in [1.29, 1.82) is 0 Å². The third kappa shape index (κ3) is 3.48. The molecule has 1 amide bonds. The average molecular weight is 384 g/mol. The summed E-state index contributed by atoms with van der Waals surface area (Å²) in [5, 5.41) is 4.67. The third-order valence-corrected chi connectivity index (χ3v) is 5.11. The summed E-state index contributed by atoms with van der Waals surface area (Å²) < 4.78 is 6.58. The lowest BCUT2D eigenvalue weighted by atomic mass is 10.00. The first kappa shape index (κ1) is 18.5. The van der Waals surface area contributed by atoms with Crippen LogP contribution in [0, 0.1) is 5.92 Å². The number of carbonyl (C=O) groups is 2. The smallest absolute Gasteiger partial charge is 0.358 e. The Labute approximate surface area is 163 Å². The Kier molecular flexibility index (Phi) is 4.82. The van der Waals surface area contributed by atoms with Crippen molar-refractivity contribution in [3.63, 3.8) is 0 Å². The van der Waals surface area contributed by atoms with E-state index in [2.05, 4.69) is 33.7 Å². The predicted octanol–water partition coefficient (Wildman–Crippen LogP) is 1.98. The number of hydrogen-bond acceptors (Lipinski definition) is 7. The van der Waals surface area contributed by atoms with Crippen molar-refractivity contribution in [1.82, 2.24) is 29.6 Å². The second kappa shape index (κ2) is 7.29. The number of ether oxygens (including phenoxy) is 1. The van der Waals surface area contributed by atoms with Crippen molar-refractivity contribution in [3.05, 3.63) is 35.4 Å². The van der Waals surface area contributed by atoms with Crippen LogP contribution in [0.1, 0.15) is 77.7 Å². The molecule has 9 heteroatoms. The van der Waals surface area contributed by atoms with E-state index in [1.54, 1.807) is 0 Å². The summed E-state index contributed by atoms with van der Waals surface area (Å²) in [6, 6.07) is -0.150. The molecule has 2 aliphatic rings. The van der Waals surface area contributed by atoms with Gasteiger partial charge in [0.25, 0.3) is 5.91 Å². The van der Waals surface area contributed by atoms with Crippen LogP contribution >= 0.6 is 0 Å². The lowest BCUT2D eigenvalue weighted by molar-refractivity contribution is 0.0563. The van der Waals surface area contributed by atoms with Crippen LogP contribution in [0.5, 0.6) is 0 Å². The summed E-state index contributed by atoms with van der Waals surface area (Å²) in [6.45, 7) is 5.41. The molecular formula is C19H24N6O3. The van der Waals surface area contributed by atoms with Gasteiger partial charge < -0.3 is 9.64 Å². The Balaban J connectivity index is 1.61. The molecule has 0 saturated heterocycles. The highest BCUT2D eigenvalue weighted by Crippen LogP contribution is 2.40. The number of amides is 1. The van der Waals surface area contributed by atoms with Crippen LogP contribution in [0.3, 0.4) is 0 Å². The fourth-order valence-electron chi connectivity index (χ4n) is 3.51. The SMILES string of the molecule is COC(=O)c1cnc(C(=O)N2CCn3nc(C4CC4)nc3[C@@H]2CC(C)C)cn1. The van der Waals surface area contributed by atoms with Gasteiger partial charge >= 0.3 is 5.97 Å². The average Bonchev–Trinajstić information content (AvgIpc) is 3.45. The van der Waals surface area contributed by atoms with Crippen LogP contribution in [0.25, 0.3) is 0 Å². The zero-order chi connectivity index (χ0) is 19.8. The van der Waals surface area contributed by atoms with Gasteiger partial charge in [-0.15, -0.1) is 0 Å². The molecule has 1 fully saturated rings. The van der Waals surface area contributed by atoms with Crippen LogP contribution in [0.4, 0.5) is 0 Å². The van der Waals surface area contributed by atoms with Crippen molar-refractivity contribution in [2.24, 2.45) is 5.92 Å². The van der Waals surface area contributed by atoms with E-state index in [4.69, 9.17) is 4.98 Å². The number of esters is 1. The van der Waals surface area contributed by atoms with E-state index < -0.39 is 5.97 Å². The van der Waals surface area contributed by atoms with E-state index in [0.717, 1.165) is 30.9 Å². The summed E-state index contributed by atoms with van der Waals surface area (Å²) in [5.41, 5.74) is 0.280. The molecule has 1 aliphatic heterocycles. The summed E-state index contributed by atoms with van der Waals surface area (Å²) in [6.07, 6.45) is 5.68. The number of hydrogen-bond donors (Lipinski definition) is 0. The predicted molar refractivity (Wildman–Crippen MR) is 98.6 cm³/mol. The summed E-state index contributed by atoms with van der Waals surface area (Å²) in [4.78, 5) is 39.4. The maximum atomic E-state index is 13.2. The van der Waals surface area contributed by atoms with E-state index in [-0.39, 0.29) is 23.3 Å². The van der Waals surface area contributed by atoms with E-state index >= 15 is 0 Å². The molecule has 0 N–H and O–H groups in total. The topological polar surface area (TPSA) is 103 Å². The maximum Gasteiger partial charge on any atom is 0.358 e. The minimum absolute atomic E-state index is 0.0743. The Morgan fingerprint density at radius 1 is 1.18 bits per heavy atom. The molecule has 4 rings (SSSR count). The second-order valence-electron chi connectivity index (χ2n) is 7.75. The molecule has 0 bridgehead atoms. The minimum Gasteiger partial charge on any atom is -0.464 e. The largest absolute Gasteiger partial charge is 0.464 e. The first-order chi connectivity index (χ1) is 13.5. The number of nitrogens with zero attached hydrogens (tertiary/aromatic N) is 6. The van der Waals surface area contributed by atoms with Gasteiger partial charge in [-0.2, -0.15) is 5.10 Å². The molecule has 9 nitrogen and oxygen atoms in total. The number of methoxy groups -OCH3 is 1. The molecule has 1 saturated carbocycles. The van der Waals surface area contributed by atoms with E-state index in [0.29, 0.717) is 24.9 Å². The van der Waals surface area contributed by atoms with E-state index in [1.165, 1.54) is 19.5 Å². The van der Waals surface area contributed by atoms with Crippen molar-refractivity contribution in [2.45, 2.75) is 51.6 Å². The summed E-state index contributed by atoms with van der Waals surface area (Å²) in [5.74, 6) is 1.83. The molecule has 0 radical (unpaired) electrons. The first-order valence-electron chi connectivity index (χ1n) is 9.64. The highest BCUT2D eigenvalue weighted by Gasteiger charge is 2.37. The van der Waals surface area contributed by atoms with Crippen LogP contribution in [0.2, 0.25) is 0 Å². The molecule has 2 aromatic heterocycles. The Bertz CT molecular complexity index is 888. The van der Waals surface area contributed by atoms with Gasteiger partial charge in [-0.25, -0.2) is 24.4 Å². The maximum absolute atomic E-state index is 13.2. The zero-order valence-electron chi connectivity index (χ0n) is 16.3. The number of rotatable bonds is 5. The van der Waals surface area contributed by atoms with Crippen molar-refractivity contribution >= 4 is 11.9 Å². The summed E-state index contributed by atoms with van der Waals surface area (Å²) >= 11 is 0. The van der Waals surface area contributed by atoms with Gasteiger partial charge in [0.15, 0.2) is 11.5 Å². The molecule has 28 heavy (non-hydrogen) atoms. The van der Waals surface area contributed by atoms with Gasteiger partial charge in [0.1, 0.15) is 11.5 Å². The number of fused-ring (bicyclic) bond motifs is 1. The third-order valence-electron chi connectivity index (χ3n) is 5.11. The molecule has 3 heterocycles. The lowest BCUT2D eigenvalue weighted by Crippen LogP contribution is -2.43. The van der Waals surface area contributed by atoms with Gasteiger partial charge in [0.05, 0.1) is 32.1 Å². The molecule has 148 valence electrons. The van der Waals surface area contributed by atoms with Gasteiger partial charge in [0, 0.05) is 12.5 Å². The Hall–Kier alpha value is -2.84. The van der Waals surface area contributed by atoms with Gasteiger partial charge in [-0.1, -0.05) is 13.8 Å². The summed E-state index contributed by atoms with van der Waals surface area (Å²) in [7, 11) is 1.28. The van der Waals surface area contributed by atoms with Crippen molar-refractivity contribution in [3.8, 4) is 0 Å². The van der Waals surface area contributed by atoms with Gasteiger partial charge in [-0.05, 0) is 25.2 Å². The van der Waals surface area contributed by atoms with E-state index in [9.17, 15) is 9.59 Å². The molecule has 0 unspecified atom stereocenters. The quantitative estimate of drug-likeness (QED) is 0.726. The van der Waals surface area contributed by atoms with Crippen molar-refractivity contribution < 1.29 is 14.3 Å². The number of aromatic nitrogens is 5. The van der Waals surface area contributed by atoms with Crippen LogP contribution < -0.4 is 0 Å². The zero-order valence-corrected chi connectivity index (χ0v) is 16.3. The monoisotopic (exact) mass is 384 g/mol. The first-order valence-corrected chi connectivity index (χ1v) is 9.64. The van der Waals surface area contributed by atoms with Gasteiger partial charge in [0.2, 0.25) is 0 Å². The molecule has 1 atom stereocenters. The van der Waals surface area contributed by atoms with Gasteiger partial charge in [-0.3, -0.25) is 4.79 Å². The lowest BCUT2D eigenvalue weighted by Gasteiger charge is -2.35.